The molecule has 0 aliphatic heterocycles. The summed E-state index contributed by atoms with van der Waals surface area (Å²) < 4.78 is 1.74. The second kappa shape index (κ2) is 5.80. The van der Waals surface area contributed by atoms with E-state index in [0.717, 1.165) is 0 Å². The molecule has 1 amide bonds. The minimum absolute atomic E-state index is 0.0350. The number of nitrogens with zero attached hydrogens (tertiary/aromatic N) is 3. The monoisotopic (exact) mass is 205 g/mol. The number of carbonyl (C=O) groups excluding carboxylic acids is 1. The summed E-state index contributed by atoms with van der Waals surface area (Å²) in [5, 5.41) is 0. The first kappa shape index (κ1) is 11.2. The lowest BCUT2D eigenvalue weighted by Gasteiger charge is -2.19. The van der Waals surface area contributed by atoms with Gasteiger partial charge in [-0.05, 0) is 0 Å². The number of carbonyl (C=O) groups is 1. The van der Waals surface area contributed by atoms with E-state index in [9.17, 15) is 4.79 Å². The summed E-state index contributed by atoms with van der Waals surface area (Å²) in [5.74, 6) is 0.0350. The Morgan fingerprint density at radius 1 is 1.40 bits per heavy atom. The highest BCUT2D eigenvalue weighted by atomic mass is 16.2. The van der Waals surface area contributed by atoms with Gasteiger partial charge in [0.2, 0.25) is 5.91 Å². The average Bonchev–Trinajstić information content (AvgIpc) is 2.70. The SMILES string of the molecule is C=CCN(CC=C)C(=O)Cn1ccnc1. The molecule has 4 nitrogen and oxygen atoms in total. The molecule has 0 spiro atoms. The van der Waals surface area contributed by atoms with Crippen molar-refractivity contribution in [3.8, 4) is 0 Å². The van der Waals surface area contributed by atoms with Crippen molar-refractivity contribution >= 4 is 5.91 Å². The topological polar surface area (TPSA) is 38.1 Å². The van der Waals surface area contributed by atoms with E-state index in [1.54, 1.807) is 40.3 Å². The first-order valence-corrected chi connectivity index (χ1v) is 4.73. The highest BCUT2D eigenvalue weighted by molar-refractivity contribution is 5.76. The molecule has 0 N–H and O–H groups in total. The average molecular weight is 205 g/mol. The maximum atomic E-state index is 11.8. The Morgan fingerprint density at radius 2 is 2.07 bits per heavy atom. The van der Waals surface area contributed by atoms with Crippen LogP contribution in [0.4, 0.5) is 0 Å². The molecule has 1 aromatic heterocycles. The van der Waals surface area contributed by atoms with E-state index < -0.39 is 0 Å². The van der Waals surface area contributed by atoms with Gasteiger partial charge in [0.25, 0.3) is 0 Å². The standard InChI is InChI=1S/C11H15N3O/c1-3-6-14(7-4-2)11(15)9-13-8-5-12-10-13/h3-5,8,10H,1-2,6-7,9H2. The minimum atomic E-state index is 0.0350. The molecule has 80 valence electrons. The van der Waals surface area contributed by atoms with Gasteiger partial charge in [-0.2, -0.15) is 0 Å². The maximum Gasteiger partial charge on any atom is 0.243 e. The number of hydrogen-bond donors (Lipinski definition) is 0. The predicted octanol–water partition coefficient (Wildman–Crippen LogP) is 1.08. The van der Waals surface area contributed by atoms with Crippen molar-refractivity contribution in [3.05, 3.63) is 44.0 Å². The fraction of sp³-hybridized carbons (Fsp3) is 0.273. The molecular weight excluding hydrogens is 190 g/mol. The molecule has 0 aromatic carbocycles. The second-order valence-corrected chi connectivity index (χ2v) is 3.11. The third kappa shape index (κ3) is 3.42. The summed E-state index contributed by atoms with van der Waals surface area (Å²) in [7, 11) is 0. The first-order valence-electron chi connectivity index (χ1n) is 4.73. The number of aromatic nitrogens is 2. The van der Waals surface area contributed by atoms with Crippen LogP contribution < -0.4 is 0 Å². The van der Waals surface area contributed by atoms with E-state index in [4.69, 9.17) is 0 Å². The largest absolute Gasteiger partial charge is 0.334 e. The molecule has 0 fully saturated rings. The van der Waals surface area contributed by atoms with Crippen LogP contribution in [0.25, 0.3) is 0 Å². The highest BCUT2D eigenvalue weighted by Crippen LogP contribution is 1.95. The molecule has 0 aliphatic carbocycles. The molecule has 1 rings (SSSR count). The molecule has 0 saturated heterocycles. The minimum Gasteiger partial charge on any atom is -0.334 e. The van der Waals surface area contributed by atoms with Crippen LogP contribution in [0.1, 0.15) is 0 Å². The normalized spacial score (nSPS) is 9.60. The Hall–Kier alpha value is -1.84. The Labute approximate surface area is 89.5 Å². The Balaban J connectivity index is 2.55. The van der Waals surface area contributed by atoms with E-state index in [2.05, 4.69) is 18.1 Å². The van der Waals surface area contributed by atoms with Crippen molar-refractivity contribution in [1.82, 2.24) is 14.5 Å². The summed E-state index contributed by atoms with van der Waals surface area (Å²) >= 11 is 0. The number of hydrogen-bond acceptors (Lipinski definition) is 2. The van der Waals surface area contributed by atoms with E-state index in [0.29, 0.717) is 19.6 Å². The van der Waals surface area contributed by atoms with Gasteiger partial charge in [0.05, 0.1) is 6.33 Å². The van der Waals surface area contributed by atoms with Gasteiger partial charge in [0.15, 0.2) is 0 Å². The summed E-state index contributed by atoms with van der Waals surface area (Å²) in [6.07, 6.45) is 8.44. The summed E-state index contributed by atoms with van der Waals surface area (Å²) in [6, 6.07) is 0. The molecule has 0 aliphatic rings. The predicted molar refractivity (Wildman–Crippen MR) is 59.2 cm³/mol. The summed E-state index contributed by atoms with van der Waals surface area (Å²) in [5.41, 5.74) is 0. The Bertz CT molecular complexity index is 320. The third-order valence-electron chi connectivity index (χ3n) is 1.93. The van der Waals surface area contributed by atoms with Gasteiger partial charge < -0.3 is 9.47 Å². The van der Waals surface area contributed by atoms with Crippen molar-refractivity contribution in [2.45, 2.75) is 6.54 Å². The van der Waals surface area contributed by atoms with Gasteiger partial charge in [-0.1, -0.05) is 12.2 Å². The molecule has 4 heteroatoms. The van der Waals surface area contributed by atoms with Gasteiger partial charge in [0.1, 0.15) is 6.54 Å². The van der Waals surface area contributed by atoms with Crippen LogP contribution in [0, 0.1) is 0 Å². The number of rotatable bonds is 6. The van der Waals surface area contributed by atoms with E-state index >= 15 is 0 Å². The zero-order chi connectivity index (χ0) is 11.1. The van der Waals surface area contributed by atoms with E-state index in [1.165, 1.54) is 0 Å². The van der Waals surface area contributed by atoms with Gasteiger partial charge >= 0.3 is 0 Å². The van der Waals surface area contributed by atoms with Crippen LogP contribution in [-0.4, -0.2) is 33.4 Å². The molecule has 0 atom stereocenters. The second-order valence-electron chi connectivity index (χ2n) is 3.11. The van der Waals surface area contributed by atoms with Crippen LogP contribution >= 0.6 is 0 Å². The van der Waals surface area contributed by atoms with Crippen LogP contribution in [0.2, 0.25) is 0 Å². The van der Waals surface area contributed by atoms with Gasteiger partial charge in [-0.3, -0.25) is 4.79 Å². The van der Waals surface area contributed by atoms with Crippen molar-refractivity contribution in [2.75, 3.05) is 13.1 Å². The molecule has 1 heterocycles. The zero-order valence-electron chi connectivity index (χ0n) is 8.67. The molecule has 15 heavy (non-hydrogen) atoms. The fourth-order valence-electron chi connectivity index (χ4n) is 1.23. The van der Waals surface area contributed by atoms with Crippen LogP contribution in [0.5, 0.6) is 0 Å². The molecule has 0 radical (unpaired) electrons. The first-order chi connectivity index (χ1) is 7.27. The van der Waals surface area contributed by atoms with Crippen LogP contribution in [-0.2, 0) is 11.3 Å². The van der Waals surface area contributed by atoms with E-state index in [-0.39, 0.29) is 5.91 Å². The molecule has 0 unspecified atom stereocenters. The quantitative estimate of drug-likeness (QED) is 0.652. The fourth-order valence-corrected chi connectivity index (χ4v) is 1.23. The van der Waals surface area contributed by atoms with Gasteiger partial charge in [0, 0.05) is 25.5 Å². The summed E-state index contributed by atoms with van der Waals surface area (Å²) in [6.45, 7) is 8.62. The van der Waals surface area contributed by atoms with Crippen molar-refractivity contribution in [3.63, 3.8) is 0 Å². The van der Waals surface area contributed by atoms with Crippen molar-refractivity contribution < 1.29 is 4.79 Å². The lowest BCUT2D eigenvalue weighted by atomic mass is 10.4. The van der Waals surface area contributed by atoms with Crippen molar-refractivity contribution in [1.29, 1.82) is 0 Å². The van der Waals surface area contributed by atoms with E-state index in [1.807, 2.05) is 0 Å². The molecule has 0 bridgehead atoms. The molecule has 0 saturated carbocycles. The maximum absolute atomic E-state index is 11.8. The lowest BCUT2D eigenvalue weighted by molar-refractivity contribution is -0.130. The highest BCUT2D eigenvalue weighted by Gasteiger charge is 2.10. The molecular formula is C11H15N3O. The smallest absolute Gasteiger partial charge is 0.243 e. The van der Waals surface area contributed by atoms with Gasteiger partial charge in [-0.25, -0.2) is 4.98 Å². The van der Waals surface area contributed by atoms with Crippen molar-refractivity contribution in [2.24, 2.45) is 0 Å². The van der Waals surface area contributed by atoms with Crippen LogP contribution in [0.15, 0.2) is 44.0 Å². The lowest BCUT2D eigenvalue weighted by Crippen LogP contribution is -2.33. The number of imidazole rings is 1. The third-order valence-corrected chi connectivity index (χ3v) is 1.93. The zero-order valence-corrected chi connectivity index (χ0v) is 8.67. The Kier molecular flexibility index (Phi) is 4.34. The summed E-state index contributed by atoms with van der Waals surface area (Å²) in [4.78, 5) is 17.3. The van der Waals surface area contributed by atoms with Crippen LogP contribution in [0.3, 0.4) is 0 Å². The number of amides is 1. The van der Waals surface area contributed by atoms with Gasteiger partial charge in [-0.15, -0.1) is 13.2 Å². The Morgan fingerprint density at radius 3 is 2.53 bits per heavy atom. The molecule has 1 aromatic rings.